The molecule has 0 N–H and O–H groups in total. The van der Waals surface area contributed by atoms with E-state index in [1.807, 2.05) is 11.8 Å². The molecule has 7 nitrogen and oxygen atoms in total. The number of amides is 1. The van der Waals surface area contributed by atoms with E-state index in [2.05, 4.69) is 51.2 Å². The molecule has 0 bridgehead atoms. The van der Waals surface area contributed by atoms with Crippen LogP contribution in [0.15, 0.2) is 17.5 Å². The van der Waals surface area contributed by atoms with Crippen LogP contribution in [0.2, 0.25) is 0 Å². The van der Waals surface area contributed by atoms with Crippen molar-refractivity contribution in [1.29, 1.82) is 0 Å². The van der Waals surface area contributed by atoms with E-state index in [9.17, 15) is 4.79 Å². The normalized spacial score (nSPS) is 18.2. The lowest BCUT2D eigenvalue weighted by molar-refractivity contribution is -0.131. The number of likely N-dealkylation sites (N-methyl/N-ethyl adjacent to an activating group) is 1. The van der Waals surface area contributed by atoms with Gasteiger partial charge in [0.15, 0.2) is 0 Å². The molecule has 162 valence electrons. The second-order valence-electron chi connectivity index (χ2n) is 8.32. The maximum absolute atomic E-state index is 12.7. The average molecular weight is 429 g/mol. The molecule has 0 atom stereocenters. The molecule has 0 aromatic carbocycles. The molecule has 2 saturated heterocycles. The highest BCUT2D eigenvalue weighted by Gasteiger charge is 2.24. The Morgan fingerprint density at radius 1 is 0.967 bits per heavy atom. The van der Waals surface area contributed by atoms with Gasteiger partial charge in [-0.1, -0.05) is 0 Å². The summed E-state index contributed by atoms with van der Waals surface area (Å²) in [4.78, 5) is 32.4. The van der Waals surface area contributed by atoms with Crippen LogP contribution in [-0.2, 0) is 11.2 Å². The standard InChI is InChI=1S/C22H32N6OS/c1-17-6-15-30-19(17)4-5-22(29)28-13-11-27(12-14-28)21-16-20(23-18(2)24-21)26-9-7-25(3)8-10-26/h6,15-16H,4-5,7-14H2,1-3H3. The van der Waals surface area contributed by atoms with Crippen molar-refractivity contribution in [2.75, 3.05) is 69.2 Å². The van der Waals surface area contributed by atoms with E-state index in [0.717, 1.165) is 76.2 Å². The van der Waals surface area contributed by atoms with Crippen molar-refractivity contribution in [3.8, 4) is 0 Å². The number of rotatable bonds is 5. The Kier molecular flexibility index (Phi) is 6.53. The number of piperazine rings is 2. The fourth-order valence-corrected chi connectivity index (χ4v) is 5.03. The molecule has 8 heteroatoms. The second-order valence-corrected chi connectivity index (χ2v) is 9.32. The lowest BCUT2D eigenvalue weighted by atomic mass is 10.1. The van der Waals surface area contributed by atoms with Gasteiger partial charge in [0.1, 0.15) is 17.5 Å². The fraction of sp³-hybridized carbons (Fsp3) is 0.591. The minimum atomic E-state index is 0.263. The summed E-state index contributed by atoms with van der Waals surface area (Å²) in [5, 5.41) is 2.11. The largest absolute Gasteiger partial charge is 0.354 e. The topological polar surface area (TPSA) is 55.8 Å². The number of aryl methyl sites for hydroxylation is 3. The Bertz CT molecular complexity index is 868. The number of thiophene rings is 1. The first-order valence-electron chi connectivity index (χ1n) is 10.8. The Morgan fingerprint density at radius 2 is 1.57 bits per heavy atom. The van der Waals surface area contributed by atoms with Gasteiger partial charge in [0.2, 0.25) is 5.91 Å². The van der Waals surface area contributed by atoms with Gasteiger partial charge in [-0.2, -0.15) is 0 Å². The zero-order valence-electron chi connectivity index (χ0n) is 18.3. The number of carbonyl (C=O) groups excluding carboxylic acids is 1. The molecule has 1 amide bonds. The molecule has 2 aromatic heterocycles. The van der Waals surface area contributed by atoms with Gasteiger partial charge in [0.05, 0.1) is 0 Å². The fourth-order valence-electron chi connectivity index (χ4n) is 4.12. The van der Waals surface area contributed by atoms with E-state index in [-0.39, 0.29) is 5.91 Å². The molecule has 2 aliphatic rings. The smallest absolute Gasteiger partial charge is 0.223 e. The molecule has 0 saturated carbocycles. The van der Waals surface area contributed by atoms with Crippen molar-refractivity contribution in [3.63, 3.8) is 0 Å². The van der Waals surface area contributed by atoms with Crippen molar-refractivity contribution in [3.05, 3.63) is 33.8 Å². The van der Waals surface area contributed by atoms with Crippen molar-refractivity contribution < 1.29 is 4.79 Å². The Balaban J connectivity index is 1.33. The zero-order chi connectivity index (χ0) is 21.1. The van der Waals surface area contributed by atoms with Gasteiger partial charge in [-0.3, -0.25) is 4.79 Å². The first-order valence-corrected chi connectivity index (χ1v) is 11.7. The molecule has 0 spiro atoms. The summed E-state index contributed by atoms with van der Waals surface area (Å²) in [6.07, 6.45) is 1.45. The summed E-state index contributed by atoms with van der Waals surface area (Å²) in [5.41, 5.74) is 1.30. The first-order chi connectivity index (χ1) is 14.5. The van der Waals surface area contributed by atoms with E-state index in [1.165, 1.54) is 10.4 Å². The Morgan fingerprint density at radius 3 is 2.13 bits per heavy atom. The number of hydrogen-bond acceptors (Lipinski definition) is 7. The van der Waals surface area contributed by atoms with E-state index in [1.54, 1.807) is 11.3 Å². The number of hydrogen-bond donors (Lipinski definition) is 0. The lowest BCUT2D eigenvalue weighted by Crippen LogP contribution is -2.49. The minimum Gasteiger partial charge on any atom is -0.354 e. The summed E-state index contributed by atoms with van der Waals surface area (Å²) >= 11 is 1.75. The quantitative estimate of drug-likeness (QED) is 0.728. The predicted octanol–water partition coefficient (Wildman–Crippen LogP) is 2.19. The summed E-state index contributed by atoms with van der Waals surface area (Å²) in [6.45, 7) is 11.4. The van der Waals surface area contributed by atoms with Crippen LogP contribution in [0.25, 0.3) is 0 Å². The number of carbonyl (C=O) groups is 1. The predicted molar refractivity (Wildman–Crippen MR) is 123 cm³/mol. The maximum Gasteiger partial charge on any atom is 0.223 e. The van der Waals surface area contributed by atoms with Crippen LogP contribution in [0.3, 0.4) is 0 Å². The highest BCUT2D eigenvalue weighted by Crippen LogP contribution is 2.22. The maximum atomic E-state index is 12.7. The summed E-state index contributed by atoms with van der Waals surface area (Å²) in [7, 11) is 2.16. The van der Waals surface area contributed by atoms with Crippen LogP contribution in [0, 0.1) is 13.8 Å². The molecule has 0 radical (unpaired) electrons. The molecule has 0 aliphatic carbocycles. The molecule has 2 aromatic rings. The van der Waals surface area contributed by atoms with E-state index in [0.29, 0.717) is 6.42 Å². The molecule has 0 unspecified atom stereocenters. The van der Waals surface area contributed by atoms with Gasteiger partial charge < -0.3 is 19.6 Å². The molecule has 2 aliphatic heterocycles. The third kappa shape index (κ3) is 4.92. The van der Waals surface area contributed by atoms with Gasteiger partial charge in [-0.25, -0.2) is 9.97 Å². The Hall–Kier alpha value is -2.19. The third-order valence-electron chi connectivity index (χ3n) is 6.13. The summed E-state index contributed by atoms with van der Waals surface area (Å²) < 4.78 is 0. The van der Waals surface area contributed by atoms with Crippen LogP contribution >= 0.6 is 11.3 Å². The number of aromatic nitrogens is 2. The first kappa shape index (κ1) is 21.1. The van der Waals surface area contributed by atoms with Crippen LogP contribution < -0.4 is 9.80 Å². The molecule has 4 rings (SSSR count). The van der Waals surface area contributed by atoms with Crippen molar-refractivity contribution in [2.45, 2.75) is 26.7 Å². The average Bonchev–Trinajstić information content (AvgIpc) is 3.17. The SMILES string of the molecule is Cc1nc(N2CCN(C)CC2)cc(N2CCN(C(=O)CCc3sccc3C)CC2)n1. The van der Waals surface area contributed by atoms with Gasteiger partial charge in [0, 0.05) is 69.7 Å². The summed E-state index contributed by atoms with van der Waals surface area (Å²) in [6, 6.07) is 4.25. The zero-order valence-corrected chi connectivity index (χ0v) is 19.1. The van der Waals surface area contributed by atoms with E-state index < -0.39 is 0 Å². The lowest BCUT2D eigenvalue weighted by Gasteiger charge is -2.37. The highest BCUT2D eigenvalue weighted by molar-refractivity contribution is 7.10. The molecular weight excluding hydrogens is 396 g/mol. The van der Waals surface area contributed by atoms with Crippen molar-refractivity contribution >= 4 is 28.9 Å². The van der Waals surface area contributed by atoms with Gasteiger partial charge >= 0.3 is 0 Å². The molecule has 2 fully saturated rings. The third-order valence-corrected chi connectivity index (χ3v) is 7.21. The number of nitrogens with zero attached hydrogens (tertiary/aromatic N) is 6. The van der Waals surface area contributed by atoms with Crippen molar-refractivity contribution in [1.82, 2.24) is 19.8 Å². The highest BCUT2D eigenvalue weighted by atomic mass is 32.1. The second kappa shape index (κ2) is 9.31. The van der Waals surface area contributed by atoms with Crippen LogP contribution in [-0.4, -0.2) is 85.1 Å². The molecule has 30 heavy (non-hydrogen) atoms. The number of anilines is 2. The van der Waals surface area contributed by atoms with Gasteiger partial charge in [-0.15, -0.1) is 11.3 Å². The van der Waals surface area contributed by atoms with Gasteiger partial charge in [-0.05, 0) is 44.3 Å². The Labute approximate surface area is 183 Å². The molecule has 4 heterocycles. The van der Waals surface area contributed by atoms with Crippen LogP contribution in [0.1, 0.15) is 22.7 Å². The van der Waals surface area contributed by atoms with Gasteiger partial charge in [0.25, 0.3) is 0 Å². The van der Waals surface area contributed by atoms with E-state index >= 15 is 0 Å². The monoisotopic (exact) mass is 428 g/mol. The minimum absolute atomic E-state index is 0.263. The van der Waals surface area contributed by atoms with E-state index in [4.69, 9.17) is 4.98 Å². The summed E-state index contributed by atoms with van der Waals surface area (Å²) in [5.74, 6) is 3.08. The molecular formula is C22H32N6OS. The van der Waals surface area contributed by atoms with Crippen molar-refractivity contribution in [2.24, 2.45) is 0 Å². The van der Waals surface area contributed by atoms with Crippen LogP contribution in [0.5, 0.6) is 0 Å². The van der Waals surface area contributed by atoms with Crippen LogP contribution in [0.4, 0.5) is 11.6 Å².